The van der Waals surface area contributed by atoms with Gasteiger partial charge in [0, 0.05) is 44.0 Å². The van der Waals surface area contributed by atoms with Gasteiger partial charge >= 0.3 is 0 Å². The van der Waals surface area contributed by atoms with Crippen LogP contribution < -0.4 is 0 Å². The van der Waals surface area contributed by atoms with Gasteiger partial charge in [0.1, 0.15) is 0 Å². The molecule has 1 heterocycles. The number of carbonyl (C=O) groups excluding carboxylic acids is 2. The van der Waals surface area contributed by atoms with Crippen LogP contribution in [0.2, 0.25) is 0 Å². The maximum atomic E-state index is 13.0. The molecule has 7 heteroatoms. The first-order valence-electron chi connectivity index (χ1n) is 9.87. The predicted molar refractivity (Wildman–Crippen MR) is 117 cm³/mol. The Hall–Kier alpha value is -2.25. The number of methoxy groups -OCH3 is 1. The molecule has 0 N–H and O–H groups in total. The van der Waals surface area contributed by atoms with Gasteiger partial charge in [0.15, 0.2) is 0 Å². The lowest BCUT2D eigenvalue weighted by atomic mass is 10.3. The van der Waals surface area contributed by atoms with E-state index in [4.69, 9.17) is 4.74 Å². The van der Waals surface area contributed by atoms with Gasteiger partial charge in [0.25, 0.3) is 0 Å². The molecule has 2 aromatic rings. The first-order chi connectivity index (χ1) is 14.0. The number of thioether (sulfide) groups is 1. The number of hydrogen-bond donors (Lipinski definition) is 0. The van der Waals surface area contributed by atoms with Crippen LogP contribution in [0.5, 0.6) is 0 Å². The van der Waals surface area contributed by atoms with Gasteiger partial charge < -0.3 is 19.1 Å². The van der Waals surface area contributed by atoms with Crippen LogP contribution in [-0.4, -0.2) is 65.3 Å². The van der Waals surface area contributed by atoms with E-state index in [1.165, 1.54) is 11.8 Å². The molecular formula is C22H31N3O3S. The van der Waals surface area contributed by atoms with E-state index in [9.17, 15) is 9.59 Å². The number of aryl methyl sites for hydroxylation is 1. The second-order valence-electron chi connectivity index (χ2n) is 6.84. The van der Waals surface area contributed by atoms with Gasteiger partial charge in [0.2, 0.25) is 11.8 Å². The summed E-state index contributed by atoms with van der Waals surface area (Å²) in [6.07, 6.45) is 2.77. The molecule has 2 amide bonds. The average Bonchev–Trinajstić information content (AvgIpc) is 3.14. The molecule has 0 aliphatic rings. The van der Waals surface area contributed by atoms with E-state index in [-0.39, 0.29) is 18.4 Å². The molecule has 1 aromatic carbocycles. The van der Waals surface area contributed by atoms with Crippen molar-refractivity contribution in [3.8, 4) is 0 Å². The van der Waals surface area contributed by atoms with E-state index in [0.29, 0.717) is 32.0 Å². The number of ether oxygens (including phenoxy) is 1. The molecular weight excluding hydrogens is 386 g/mol. The second-order valence-corrected chi connectivity index (χ2v) is 7.88. The van der Waals surface area contributed by atoms with E-state index in [2.05, 4.69) is 0 Å². The molecule has 0 spiro atoms. The normalized spacial score (nSPS) is 10.7. The fraction of sp³-hybridized carbons (Fsp3) is 0.455. The summed E-state index contributed by atoms with van der Waals surface area (Å²) < 4.78 is 7.17. The van der Waals surface area contributed by atoms with Crippen LogP contribution in [0.3, 0.4) is 0 Å². The first kappa shape index (κ1) is 23.0. The maximum absolute atomic E-state index is 13.0. The molecule has 0 unspecified atom stereocenters. The third-order valence-corrected chi connectivity index (χ3v) is 5.60. The lowest BCUT2D eigenvalue weighted by Crippen LogP contribution is -2.44. The summed E-state index contributed by atoms with van der Waals surface area (Å²) in [5.74, 6) is 0.252. The van der Waals surface area contributed by atoms with E-state index < -0.39 is 0 Å². The summed E-state index contributed by atoms with van der Waals surface area (Å²) in [5.41, 5.74) is 1.04. The smallest absolute Gasteiger partial charge is 0.242 e. The van der Waals surface area contributed by atoms with E-state index in [1.807, 2.05) is 67.2 Å². The van der Waals surface area contributed by atoms with Gasteiger partial charge in [-0.2, -0.15) is 0 Å². The van der Waals surface area contributed by atoms with Gasteiger partial charge in [-0.1, -0.05) is 25.1 Å². The minimum absolute atomic E-state index is 0.0142. The quantitative estimate of drug-likeness (QED) is 0.498. The Balaban J connectivity index is 1.99. The molecule has 0 radical (unpaired) electrons. The zero-order chi connectivity index (χ0) is 21.1. The Morgan fingerprint density at radius 1 is 1.03 bits per heavy atom. The number of rotatable bonds is 12. The van der Waals surface area contributed by atoms with Crippen molar-refractivity contribution in [2.45, 2.75) is 24.8 Å². The Morgan fingerprint density at radius 3 is 2.41 bits per heavy atom. The number of amides is 2. The number of aromatic nitrogens is 1. The van der Waals surface area contributed by atoms with Crippen molar-refractivity contribution in [2.75, 3.05) is 39.1 Å². The summed E-state index contributed by atoms with van der Waals surface area (Å²) in [7, 11) is 3.58. The molecule has 0 saturated heterocycles. The molecule has 0 aliphatic carbocycles. The maximum Gasteiger partial charge on any atom is 0.242 e. The molecule has 29 heavy (non-hydrogen) atoms. The molecule has 0 saturated carbocycles. The second kappa shape index (κ2) is 12.3. The summed E-state index contributed by atoms with van der Waals surface area (Å²) in [6, 6.07) is 13.8. The highest BCUT2D eigenvalue weighted by Gasteiger charge is 2.21. The summed E-state index contributed by atoms with van der Waals surface area (Å²) in [5, 5.41) is 0. The zero-order valence-electron chi connectivity index (χ0n) is 17.5. The van der Waals surface area contributed by atoms with Crippen molar-refractivity contribution in [3.05, 3.63) is 54.4 Å². The standard InChI is InChI=1S/C22H31N3O3S/c1-4-12-24(22(27)18-29-20-10-6-5-7-11-20)17-21(26)25(14-15-28-3)16-19-9-8-13-23(19)2/h5-11,13H,4,12,14-18H2,1-3H3. The largest absolute Gasteiger partial charge is 0.383 e. The van der Waals surface area contributed by atoms with Crippen molar-refractivity contribution < 1.29 is 14.3 Å². The van der Waals surface area contributed by atoms with E-state index >= 15 is 0 Å². The van der Waals surface area contributed by atoms with E-state index in [1.54, 1.807) is 16.9 Å². The average molecular weight is 418 g/mol. The monoisotopic (exact) mass is 417 g/mol. The van der Waals surface area contributed by atoms with Gasteiger partial charge in [-0.05, 0) is 30.7 Å². The Labute approximate surface area is 177 Å². The summed E-state index contributed by atoms with van der Waals surface area (Å²) >= 11 is 1.50. The Bertz CT molecular complexity index is 764. The van der Waals surface area contributed by atoms with Gasteiger partial charge in [-0.15, -0.1) is 11.8 Å². The van der Waals surface area contributed by atoms with E-state index in [0.717, 1.165) is 17.0 Å². The fourth-order valence-electron chi connectivity index (χ4n) is 2.93. The van der Waals surface area contributed by atoms with Crippen LogP contribution >= 0.6 is 11.8 Å². The number of carbonyl (C=O) groups is 2. The minimum atomic E-state index is -0.0604. The van der Waals surface area contributed by atoms with Gasteiger partial charge in [-0.3, -0.25) is 9.59 Å². The SMILES string of the molecule is CCCN(CC(=O)N(CCOC)Cc1cccn1C)C(=O)CSc1ccccc1. The highest BCUT2D eigenvalue weighted by molar-refractivity contribution is 8.00. The number of hydrogen-bond acceptors (Lipinski definition) is 4. The molecule has 0 atom stereocenters. The fourth-order valence-corrected chi connectivity index (χ4v) is 3.75. The van der Waals surface area contributed by atoms with Crippen molar-refractivity contribution in [1.29, 1.82) is 0 Å². The molecule has 1 aromatic heterocycles. The first-order valence-corrected chi connectivity index (χ1v) is 10.9. The molecule has 6 nitrogen and oxygen atoms in total. The van der Waals surface area contributed by atoms with Crippen molar-refractivity contribution in [3.63, 3.8) is 0 Å². The third-order valence-electron chi connectivity index (χ3n) is 4.60. The van der Waals surface area contributed by atoms with Gasteiger partial charge in [-0.25, -0.2) is 0 Å². The van der Waals surface area contributed by atoms with Crippen LogP contribution in [0.15, 0.2) is 53.6 Å². The lowest BCUT2D eigenvalue weighted by molar-refractivity contribution is -0.140. The van der Waals surface area contributed by atoms with Gasteiger partial charge in [0.05, 0.1) is 25.4 Å². The predicted octanol–water partition coefficient (Wildman–Crippen LogP) is 3.03. The topological polar surface area (TPSA) is 54.8 Å². The highest BCUT2D eigenvalue weighted by Crippen LogP contribution is 2.17. The Kier molecular flexibility index (Phi) is 9.80. The van der Waals surface area contributed by atoms with Crippen molar-refractivity contribution in [1.82, 2.24) is 14.4 Å². The molecule has 158 valence electrons. The highest BCUT2D eigenvalue weighted by atomic mass is 32.2. The Morgan fingerprint density at radius 2 is 1.79 bits per heavy atom. The van der Waals surface area contributed by atoms with Crippen LogP contribution in [0, 0.1) is 0 Å². The number of nitrogens with zero attached hydrogens (tertiary/aromatic N) is 3. The number of benzene rings is 1. The van der Waals surface area contributed by atoms with Crippen LogP contribution in [0.4, 0.5) is 0 Å². The van der Waals surface area contributed by atoms with Crippen molar-refractivity contribution >= 4 is 23.6 Å². The summed E-state index contributed by atoms with van der Waals surface area (Å²) in [6.45, 7) is 4.13. The van der Waals surface area contributed by atoms with Crippen LogP contribution in [0.1, 0.15) is 19.0 Å². The molecule has 0 fully saturated rings. The molecule has 0 bridgehead atoms. The summed E-state index contributed by atoms with van der Waals surface area (Å²) in [4.78, 5) is 30.2. The zero-order valence-corrected chi connectivity index (χ0v) is 18.4. The molecule has 0 aliphatic heterocycles. The molecule has 2 rings (SSSR count). The van der Waals surface area contributed by atoms with Crippen LogP contribution in [0.25, 0.3) is 0 Å². The van der Waals surface area contributed by atoms with Crippen LogP contribution in [-0.2, 0) is 27.9 Å². The third kappa shape index (κ3) is 7.59. The lowest BCUT2D eigenvalue weighted by Gasteiger charge is -2.27. The van der Waals surface area contributed by atoms with Crippen molar-refractivity contribution in [2.24, 2.45) is 7.05 Å². The minimum Gasteiger partial charge on any atom is -0.383 e.